The summed E-state index contributed by atoms with van der Waals surface area (Å²) in [4.78, 5) is -0.688. The highest BCUT2D eigenvalue weighted by Crippen LogP contribution is 2.37. The van der Waals surface area contributed by atoms with Gasteiger partial charge in [0.2, 0.25) is 10.0 Å². The number of anilines is 1. The third kappa shape index (κ3) is 3.33. The molecule has 0 amide bonds. The highest BCUT2D eigenvalue weighted by atomic mass is 32.2. The molecule has 0 atom stereocenters. The molecular formula is C13H18F2N2O3S. The van der Waals surface area contributed by atoms with Crippen LogP contribution in [0.15, 0.2) is 17.0 Å². The fraction of sp³-hybridized carbons (Fsp3) is 0.538. The number of nitrogens with two attached hydrogens (primary N) is 1. The topological polar surface area (TPSA) is 92.4 Å². The summed E-state index contributed by atoms with van der Waals surface area (Å²) in [5.41, 5.74) is 4.34. The molecule has 1 aromatic rings. The van der Waals surface area contributed by atoms with Crippen LogP contribution in [0.1, 0.15) is 25.7 Å². The molecule has 5 nitrogen and oxygen atoms in total. The lowest BCUT2D eigenvalue weighted by molar-refractivity contribution is 0.134. The first-order chi connectivity index (χ1) is 9.80. The third-order valence-corrected chi connectivity index (χ3v) is 5.39. The van der Waals surface area contributed by atoms with Gasteiger partial charge in [-0.1, -0.05) is 12.8 Å². The van der Waals surface area contributed by atoms with E-state index >= 15 is 0 Å². The summed E-state index contributed by atoms with van der Waals surface area (Å²) in [5.74, 6) is -2.20. The number of aliphatic hydroxyl groups is 1. The first-order valence-electron chi connectivity index (χ1n) is 6.65. The van der Waals surface area contributed by atoms with E-state index in [9.17, 15) is 22.3 Å². The number of benzene rings is 1. The molecule has 0 aliphatic heterocycles. The van der Waals surface area contributed by atoms with Gasteiger partial charge in [-0.3, -0.25) is 0 Å². The molecule has 8 heteroatoms. The average molecular weight is 320 g/mol. The molecule has 0 bridgehead atoms. The summed E-state index contributed by atoms with van der Waals surface area (Å²) < 4.78 is 53.3. The predicted octanol–water partition coefficient (Wildman–Crippen LogP) is 1.38. The molecule has 1 aliphatic carbocycles. The van der Waals surface area contributed by atoms with E-state index in [1.165, 1.54) is 0 Å². The largest absolute Gasteiger partial charge is 0.396 e. The second kappa shape index (κ2) is 5.86. The standard InChI is InChI=1S/C13H18F2N2O3S/c14-9-5-10(15)12(6-11(9)16)21(19,20)17-7-13(8-18)3-1-2-4-13/h5-6,17-18H,1-4,7-8,16H2. The SMILES string of the molecule is Nc1cc(S(=O)(=O)NCC2(CO)CCCC2)c(F)cc1F. The van der Waals surface area contributed by atoms with Crippen LogP contribution in [0.25, 0.3) is 0 Å². The van der Waals surface area contributed by atoms with Gasteiger partial charge in [0.1, 0.15) is 16.5 Å². The summed E-state index contributed by atoms with van der Waals surface area (Å²) in [5, 5.41) is 9.44. The lowest BCUT2D eigenvalue weighted by Gasteiger charge is -2.26. The number of sulfonamides is 1. The summed E-state index contributed by atoms with van der Waals surface area (Å²) in [6.45, 7) is -0.119. The Morgan fingerprint density at radius 2 is 1.86 bits per heavy atom. The van der Waals surface area contributed by atoms with Gasteiger partial charge < -0.3 is 10.8 Å². The van der Waals surface area contributed by atoms with Gasteiger partial charge >= 0.3 is 0 Å². The van der Waals surface area contributed by atoms with Crippen molar-refractivity contribution in [2.75, 3.05) is 18.9 Å². The molecule has 0 unspecified atom stereocenters. The Morgan fingerprint density at radius 3 is 2.43 bits per heavy atom. The number of hydrogen-bond donors (Lipinski definition) is 3. The van der Waals surface area contributed by atoms with E-state index < -0.39 is 37.7 Å². The lowest BCUT2D eigenvalue weighted by atomic mass is 9.88. The molecule has 1 aliphatic rings. The number of nitrogen functional groups attached to an aromatic ring is 1. The van der Waals surface area contributed by atoms with E-state index in [1.807, 2.05) is 0 Å². The van der Waals surface area contributed by atoms with Crippen molar-refractivity contribution >= 4 is 15.7 Å². The van der Waals surface area contributed by atoms with Crippen LogP contribution < -0.4 is 10.5 Å². The van der Waals surface area contributed by atoms with E-state index in [1.54, 1.807) is 0 Å². The van der Waals surface area contributed by atoms with Crippen LogP contribution in [0, 0.1) is 17.0 Å². The van der Waals surface area contributed by atoms with Gasteiger partial charge in [0, 0.05) is 24.6 Å². The van der Waals surface area contributed by atoms with Gasteiger partial charge in [0.15, 0.2) is 0 Å². The van der Waals surface area contributed by atoms with Crippen molar-refractivity contribution in [1.82, 2.24) is 4.72 Å². The first kappa shape index (κ1) is 16.1. The second-order valence-electron chi connectivity index (χ2n) is 5.49. The first-order valence-corrected chi connectivity index (χ1v) is 8.13. The quantitative estimate of drug-likeness (QED) is 0.715. The van der Waals surface area contributed by atoms with Crippen LogP contribution in [0.5, 0.6) is 0 Å². The van der Waals surface area contributed by atoms with Crippen LogP contribution in [0.4, 0.5) is 14.5 Å². The molecule has 0 saturated heterocycles. The van der Waals surface area contributed by atoms with Crippen LogP contribution in [0.2, 0.25) is 0 Å². The minimum Gasteiger partial charge on any atom is -0.396 e. The molecule has 0 spiro atoms. The lowest BCUT2D eigenvalue weighted by Crippen LogP contribution is -2.38. The third-order valence-electron chi connectivity index (χ3n) is 3.98. The zero-order chi connectivity index (χ0) is 15.7. The highest BCUT2D eigenvalue weighted by Gasteiger charge is 2.35. The van der Waals surface area contributed by atoms with E-state index in [0.717, 1.165) is 18.9 Å². The second-order valence-corrected chi connectivity index (χ2v) is 7.23. The molecular weight excluding hydrogens is 302 g/mol. The maximum atomic E-state index is 13.6. The van der Waals surface area contributed by atoms with Crippen molar-refractivity contribution < 1.29 is 22.3 Å². The van der Waals surface area contributed by atoms with Gasteiger partial charge in [0.25, 0.3) is 0 Å². The number of rotatable bonds is 5. The van der Waals surface area contributed by atoms with Crippen molar-refractivity contribution in [3.05, 3.63) is 23.8 Å². The summed E-state index contributed by atoms with van der Waals surface area (Å²) >= 11 is 0. The maximum Gasteiger partial charge on any atom is 0.243 e. The average Bonchev–Trinajstić information content (AvgIpc) is 2.90. The smallest absolute Gasteiger partial charge is 0.243 e. The van der Waals surface area contributed by atoms with E-state index in [-0.39, 0.29) is 13.2 Å². The molecule has 21 heavy (non-hydrogen) atoms. The van der Waals surface area contributed by atoms with Gasteiger partial charge in [-0.05, 0) is 18.9 Å². The van der Waals surface area contributed by atoms with Crippen LogP contribution >= 0.6 is 0 Å². The van der Waals surface area contributed by atoms with Crippen molar-refractivity contribution in [3.8, 4) is 0 Å². The Hall–Kier alpha value is -1.25. The van der Waals surface area contributed by atoms with Gasteiger partial charge in [-0.15, -0.1) is 0 Å². The number of nitrogens with one attached hydrogen (secondary N) is 1. The van der Waals surface area contributed by atoms with Crippen molar-refractivity contribution in [2.24, 2.45) is 5.41 Å². The zero-order valence-corrected chi connectivity index (χ0v) is 12.2. The van der Waals surface area contributed by atoms with Gasteiger partial charge in [-0.25, -0.2) is 21.9 Å². The Labute approximate surface area is 122 Å². The molecule has 4 N–H and O–H groups in total. The van der Waals surface area contributed by atoms with E-state index in [0.29, 0.717) is 18.9 Å². The molecule has 0 aromatic heterocycles. The number of hydrogen-bond acceptors (Lipinski definition) is 4. The summed E-state index contributed by atoms with van der Waals surface area (Å²) in [6, 6.07) is 1.20. The van der Waals surface area contributed by atoms with Crippen LogP contribution in [-0.4, -0.2) is 26.7 Å². The maximum absolute atomic E-state index is 13.6. The summed E-state index contributed by atoms with van der Waals surface area (Å²) in [7, 11) is -4.15. The molecule has 118 valence electrons. The normalized spacial score (nSPS) is 18.0. The number of halogens is 2. The Balaban J connectivity index is 2.21. The molecule has 2 rings (SSSR count). The number of aliphatic hydroxyl groups excluding tert-OH is 1. The minimum atomic E-state index is -4.15. The van der Waals surface area contributed by atoms with Gasteiger partial charge in [0.05, 0.1) is 5.69 Å². The van der Waals surface area contributed by atoms with E-state index in [2.05, 4.69) is 4.72 Å². The minimum absolute atomic E-state index is 0.0164. The molecule has 0 heterocycles. The molecule has 1 aromatic carbocycles. The zero-order valence-electron chi connectivity index (χ0n) is 11.4. The monoisotopic (exact) mass is 320 g/mol. The van der Waals surface area contributed by atoms with Crippen molar-refractivity contribution in [1.29, 1.82) is 0 Å². The highest BCUT2D eigenvalue weighted by molar-refractivity contribution is 7.89. The van der Waals surface area contributed by atoms with Crippen LogP contribution in [-0.2, 0) is 10.0 Å². The Kier molecular flexibility index (Phi) is 4.50. The molecule has 1 saturated carbocycles. The van der Waals surface area contributed by atoms with E-state index in [4.69, 9.17) is 5.73 Å². The Morgan fingerprint density at radius 1 is 1.24 bits per heavy atom. The Bertz CT molecular complexity index is 629. The molecule has 0 radical (unpaired) electrons. The van der Waals surface area contributed by atoms with Gasteiger partial charge in [-0.2, -0.15) is 0 Å². The molecule has 1 fully saturated rings. The van der Waals surface area contributed by atoms with Crippen LogP contribution in [0.3, 0.4) is 0 Å². The summed E-state index contributed by atoms with van der Waals surface area (Å²) in [6.07, 6.45) is 3.25. The van der Waals surface area contributed by atoms with Crippen molar-refractivity contribution in [2.45, 2.75) is 30.6 Å². The predicted molar refractivity (Wildman–Crippen MR) is 73.9 cm³/mol. The fourth-order valence-corrected chi connectivity index (χ4v) is 3.84. The fourth-order valence-electron chi connectivity index (χ4n) is 2.59. The van der Waals surface area contributed by atoms with Crippen molar-refractivity contribution in [3.63, 3.8) is 0 Å².